The Balaban J connectivity index is 1.49. The standard InChI is InChI=1S/C19H26F3N5O2S/c1-13-4-3-5-16-14(12-25-17(13)16)6-9-24-18(23-2)26-15-7-10-27(11-8-15)30(28,29)19(20,21)22/h3-5,12,15,25H,6-11H2,1-2H3,(H2,23,24,26). The third kappa shape index (κ3) is 4.72. The van der Waals surface area contributed by atoms with Crippen molar-refractivity contribution in [2.45, 2.75) is 37.7 Å². The fraction of sp³-hybridized carbons (Fsp3) is 0.526. The Morgan fingerprint density at radius 1 is 1.30 bits per heavy atom. The summed E-state index contributed by atoms with van der Waals surface area (Å²) >= 11 is 0. The molecule has 1 fully saturated rings. The van der Waals surface area contributed by atoms with Crippen molar-refractivity contribution >= 4 is 26.9 Å². The van der Waals surface area contributed by atoms with E-state index in [4.69, 9.17) is 0 Å². The number of piperidine rings is 1. The Labute approximate surface area is 173 Å². The number of fused-ring (bicyclic) bond motifs is 1. The van der Waals surface area contributed by atoms with Crippen molar-refractivity contribution in [1.29, 1.82) is 0 Å². The molecule has 7 nitrogen and oxygen atoms in total. The monoisotopic (exact) mass is 445 g/mol. The van der Waals surface area contributed by atoms with Crippen molar-refractivity contribution in [2.24, 2.45) is 4.99 Å². The number of guanidine groups is 1. The highest BCUT2D eigenvalue weighted by molar-refractivity contribution is 7.90. The molecule has 1 aliphatic rings. The van der Waals surface area contributed by atoms with Crippen LogP contribution in [-0.2, 0) is 16.4 Å². The van der Waals surface area contributed by atoms with Gasteiger partial charge >= 0.3 is 15.5 Å². The number of aromatic amines is 1. The number of para-hydroxylation sites is 1. The van der Waals surface area contributed by atoms with Gasteiger partial charge in [-0.2, -0.15) is 17.5 Å². The Morgan fingerprint density at radius 2 is 2.00 bits per heavy atom. The number of hydrogen-bond donors (Lipinski definition) is 3. The van der Waals surface area contributed by atoms with Crippen LogP contribution >= 0.6 is 0 Å². The molecule has 0 radical (unpaired) electrons. The molecule has 1 aromatic heterocycles. The number of nitrogens with one attached hydrogen (secondary N) is 3. The highest BCUT2D eigenvalue weighted by Gasteiger charge is 2.50. The van der Waals surface area contributed by atoms with E-state index in [1.54, 1.807) is 7.05 Å². The van der Waals surface area contributed by atoms with Crippen LogP contribution in [0.1, 0.15) is 24.0 Å². The summed E-state index contributed by atoms with van der Waals surface area (Å²) in [5.74, 6) is 0.545. The summed E-state index contributed by atoms with van der Waals surface area (Å²) < 4.78 is 61.5. The lowest BCUT2D eigenvalue weighted by atomic mass is 10.1. The average molecular weight is 446 g/mol. The number of sulfonamides is 1. The predicted octanol–water partition coefficient (Wildman–Crippen LogP) is 2.50. The SMILES string of the molecule is CN=C(NCCc1c[nH]c2c(C)cccc12)NC1CCN(S(=O)(=O)C(F)(F)F)CC1. The van der Waals surface area contributed by atoms with Gasteiger partial charge < -0.3 is 15.6 Å². The van der Waals surface area contributed by atoms with Gasteiger partial charge in [-0.1, -0.05) is 18.2 Å². The summed E-state index contributed by atoms with van der Waals surface area (Å²) in [6, 6.07) is 6.00. The van der Waals surface area contributed by atoms with Crippen molar-refractivity contribution in [3.05, 3.63) is 35.5 Å². The topological polar surface area (TPSA) is 89.6 Å². The lowest BCUT2D eigenvalue weighted by Crippen LogP contribution is -2.51. The fourth-order valence-corrected chi connectivity index (χ4v) is 4.65. The first-order valence-corrected chi connectivity index (χ1v) is 11.2. The van der Waals surface area contributed by atoms with Crippen LogP contribution in [-0.4, -0.2) is 61.9 Å². The zero-order valence-corrected chi connectivity index (χ0v) is 17.7. The Kier molecular flexibility index (Phi) is 6.61. The second-order valence-corrected chi connectivity index (χ2v) is 9.26. The number of nitrogens with zero attached hydrogens (tertiary/aromatic N) is 2. The summed E-state index contributed by atoms with van der Waals surface area (Å²) in [6.07, 6.45) is 3.31. The Morgan fingerprint density at radius 3 is 2.63 bits per heavy atom. The molecule has 0 spiro atoms. The molecule has 0 unspecified atom stereocenters. The molecule has 0 saturated carbocycles. The minimum absolute atomic E-state index is 0.147. The van der Waals surface area contributed by atoms with Gasteiger partial charge in [0, 0.05) is 49.8 Å². The zero-order valence-electron chi connectivity index (χ0n) is 16.9. The quantitative estimate of drug-likeness (QED) is 0.487. The van der Waals surface area contributed by atoms with E-state index in [0.29, 0.717) is 16.8 Å². The first kappa shape index (κ1) is 22.4. The van der Waals surface area contributed by atoms with Gasteiger partial charge in [0.15, 0.2) is 5.96 Å². The van der Waals surface area contributed by atoms with Gasteiger partial charge in [0.1, 0.15) is 0 Å². The smallest absolute Gasteiger partial charge is 0.361 e. The summed E-state index contributed by atoms with van der Waals surface area (Å²) in [5.41, 5.74) is -1.77. The molecule has 1 saturated heterocycles. The predicted molar refractivity (Wildman–Crippen MR) is 111 cm³/mol. The molecule has 2 aromatic rings. The molecule has 11 heteroatoms. The van der Waals surface area contributed by atoms with Crippen LogP contribution in [0, 0.1) is 6.92 Å². The van der Waals surface area contributed by atoms with Crippen molar-refractivity contribution in [2.75, 3.05) is 26.7 Å². The molecule has 166 valence electrons. The van der Waals surface area contributed by atoms with Gasteiger partial charge in [0.25, 0.3) is 0 Å². The third-order valence-corrected chi connectivity index (χ3v) is 6.98. The Bertz CT molecular complexity index is 1010. The molecule has 1 aliphatic heterocycles. The average Bonchev–Trinajstić information content (AvgIpc) is 3.11. The summed E-state index contributed by atoms with van der Waals surface area (Å²) in [4.78, 5) is 7.45. The van der Waals surface area contributed by atoms with Crippen LogP contribution < -0.4 is 10.6 Å². The Hall–Kier alpha value is -2.27. The number of rotatable bonds is 5. The van der Waals surface area contributed by atoms with E-state index < -0.39 is 15.5 Å². The minimum atomic E-state index is -5.26. The molecule has 0 amide bonds. The lowest BCUT2D eigenvalue weighted by molar-refractivity contribution is -0.0494. The molecule has 2 heterocycles. The van der Waals surface area contributed by atoms with Gasteiger partial charge in [0.2, 0.25) is 0 Å². The van der Waals surface area contributed by atoms with Crippen LogP contribution in [0.5, 0.6) is 0 Å². The highest BCUT2D eigenvalue weighted by Crippen LogP contribution is 2.29. The second-order valence-electron chi connectivity index (χ2n) is 7.33. The van der Waals surface area contributed by atoms with Crippen LogP contribution in [0.25, 0.3) is 10.9 Å². The van der Waals surface area contributed by atoms with Crippen molar-refractivity contribution in [3.63, 3.8) is 0 Å². The number of benzene rings is 1. The molecule has 3 rings (SSSR count). The number of halogens is 3. The molecule has 1 aromatic carbocycles. The zero-order chi connectivity index (χ0) is 21.9. The van der Waals surface area contributed by atoms with Crippen molar-refractivity contribution < 1.29 is 21.6 Å². The first-order chi connectivity index (χ1) is 14.1. The van der Waals surface area contributed by atoms with Gasteiger partial charge in [-0.15, -0.1) is 0 Å². The number of aryl methyl sites for hydroxylation is 1. The molecule has 0 bridgehead atoms. The normalized spacial score (nSPS) is 17.4. The molecule has 0 aliphatic carbocycles. The lowest BCUT2D eigenvalue weighted by Gasteiger charge is -2.32. The van der Waals surface area contributed by atoms with Crippen LogP contribution in [0.15, 0.2) is 29.4 Å². The number of H-pyrrole nitrogens is 1. The summed E-state index contributed by atoms with van der Waals surface area (Å²) in [5, 5.41) is 7.56. The van der Waals surface area contributed by atoms with E-state index in [1.807, 2.05) is 12.3 Å². The fourth-order valence-electron chi connectivity index (χ4n) is 3.66. The number of aliphatic imine (C=N–C) groups is 1. The maximum Gasteiger partial charge on any atom is 0.511 e. The van der Waals surface area contributed by atoms with Gasteiger partial charge in [-0.05, 0) is 37.3 Å². The first-order valence-electron chi connectivity index (χ1n) is 9.72. The summed E-state index contributed by atoms with van der Waals surface area (Å²) in [6.45, 7) is 2.33. The molecule has 3 N–H and O–H groups in total. The van der Waals surface area contributed by atoms with Crippen LogP contribution in [0.4, 0.5) is 13.2 Å². The van der Waals surface area contributed by atoms with E-state index >= 15 is 0 Å². The van der Waals surface area contributed by atoms with E-state index in [-0.39, 0.29) is 32.0 Å². The third-order valence-electron chi connectivity index (χ3n) is 5.35. The molecule has 30 heavy (non-hydrogen) atoms. The van der Waals surface area contributed by atoms with Crippen molar-refractivity contribution in [1.82, 2.24) is 19.9 Å². The number of hydrogen-bond acceptors (Lipinski definition) is 3. The molecule has 0 atom stereocenters. The van der Waals surface area contributed by atoms with E-state index in [1.165, 1.54) is 16.5 Å². The number of aromatic nitrogens is 1. The van der Waals surface area contributed by atoms with Gasteiger partial charge in [0.05, 0.1) is 0 Å². The van der Waals surface area contributed by atoms with Gasteiger partial charge in [-0.25, -0.2) is 8.42 Å². The second kappa shape index (κ2) is 8.84. The van der Waals surface area contributed by atoms with Crippen LogP contribution in [0.2, 0.25) is 0 Å². The minimum Gasteiger partial charge on any atom is -0.361 e. The highest BCUT2D eigenvalue weighted by atomic mass is 32.2. The van der Waals surface area contributed by atoms with Crippen molar-refractivity contribution in [3.8, 4) is 0 Å². The molecular weight excluding hydrogens is 419 g/mol. The van der Waals surface area contributed by atoms with E-state index in [9.17, 15) is 21.6 Å². The van der Waals surface area contributed by atoms with Gasteiger partial charge in [-0.3, -0.25) is 4.99 Å². The maximum absolute atomic E-state index is 12.7. The number of alkyl halides is 3. The molecular formula is C19H26F3N5O2S. The largest absolute Gasteiger partial charge is 0.511 e. The van der Waals surface area contributed by atoms with E-state index in [0.717, 1.165) is 11.9 Å². The van der Waals surface area contributed by atoms with Crippen LogP contribution in [0.3, 0.4) is 0 Å². The van der Waals surface area contributed by atoms with E-state index in [2.05, 4.69) is 39.7 Å². The summed E-state index contributed by atoms with van der Waals surface area (Å²) in [7, 11) is -3.64. The maximum atomic E-state index is 12.7.